The van der Waals surface area contributed by atoms with Gasteiger partial charge < -0.3 is 10.6 Å². The highest BCUT2D eigenvalue weighted by Crippen LogP contribution is 2.25. The molecule has 0 aromatic heterocycles. The second-order valence-electron chi connectivity index (χ2n) is 4.92. The zero-order valence-electron chi connectivity index (χ0n) is 11.7. The minimum Gasteiger partial charge on any atom is -0.384 e. The van der Waals surface area contributed by atoms with Gasteiger partial charge in [0.25, 0.3) is 0 Å². The van der Waals surface area contributed by atoms with Gasteiger partial charge in [-0.1, -0.05) is 45.8 Å². The van der Waals surface area contributed by atoms with Crippen LogP contribution in [0, 0.1) is 12.3 Å². The molecule has 0 heterocycles. The smallest absolute Gasteiger partial charge is 0.124 e. The summed E-state index contributed by atoms with van der Waals surface area (Å²) in [6, 6.07) is 14.2. The highest BCUT2D eigenvalue weighted by molar-refractivity contribution is 9.10. The van der Waals surface area contributed by atoms with Crippen molar-refractivity contribution in [3.05, 3.63) is 63.6 Å². The lowest BCUT2D eigenvalue weighted by Gasteiger charge is -2.22. The Kier molecular flexibility index (Phi) is 4.45. The predicted octanol–water partition coefficient (Wildman–Crippen LogP) is 3.68. The molecule has 0 amide bonds. The summed E-state index contributed by atoms with van der Waals surface area (Å²) < 4.78 is 0.980. The van der Waals surface area contributed by atoms with Gasteiger partial charge in [0.05, 0.1) is 0 Å². The van der Waals surface area contributed by atoms with Gasteiger partial charge in [-0.25, -0.2) is 0 Å². The van der Waals surface area contributed by atoms with Gasteiger partial charge in [-0.2, -0.15) is 0 Å². The molecule has 0 saturated carbocycles. The van der Waals surface area contributed by atoms with Gasteiger partial charge in [0.15, 0.2) is 0 Å². The van der Waals surface area contributed by atoms with Crippen LogP contribution >= 0.6 is 15.9 Å². The van der Waals surface area contributed by atoms with Crippen LogP contribution in [0.5, 0.6) is 0 Å². The molecule has 0 aliphatic rings. The van der Waals surface area contributed by atoms with Crippen LogP contribution in [-0.4, -0.2) is 12.9 Å². The van der Waals surface area contributed by atoms with E-state index in [2.05, 4.69) is 52.0 Å². The minimum atomic E-state index is 0.0867. The Morgan fingerprint density at radius 3 is 2.65 bits per heavy atom. The van der Waals surface area contributed by atoms with E-state index in [-0.39, 0.29) is 5.84 Å². The van der Waals surface area contributed by atoms with E-state index in [4.69, 9.17) is 11.1 Å². The van der Waals surface area contributed by atoms with E-state index in [1.54, 1.807) is 0 Å². The van der Waals surface area contributed by atoms with Crippen molar-refractivity contribution in [2.75, 3.05) is 11.9 Å². The van der Waals surface area contributed by atoms with E-state index in [9.17, 15) is 0 Å². The first kappa shape index (κ1) is 14.6. The van der Waals surface area contributed by atoms with Crippen molar-refractivity contribution in [2.24, 2.45) is 5.73 Å². The number of hydrogen-bond donors (Lipinski definition) is 2. The maximum Gasteiger partial charge on any atom is 0.124 e. The number of rotatable bonds is 4. The number of aryl methyl sites for hydroxylation is 1. The molecular weight excluding hydrogens is 314 g/mol. The van der Waals surface area contributed by atoms with Crippen molar-refractivity contribution in [3.63, 3.8) is 0 Å². The Hall–Kier alpha value is -1.81. The largest absolute Gasteiger partial charge is 0.384 e. The second-order valence-corrected chi connectivity index (χ2v) is 5.84. The van der Waals surface area contributed by atoms with Crippen LogP contribution in [0.2, 0.25) is 0 Å². The fourth-order valence-electron chi connectivity index (χ4n) is 2.22. The molecule has 0 unspecified atom stereocenters. The molecule has 0 aliphatic carbocycles. The lowest BCUT2D eigenvalue weighted by atomic mass is 10.1. The van der Waals surface area contributed by atoms with Crippen molar-refractivity contribution < 1.29 is 0 Å². The summed E-state index contributed by atoms with van der Waals surface area (Å²) in [4.78, 5) is 2.11. The van der Waals surface area contributed by atoms with Gasteiger partial charge in [0.2, 0.25) is 0 Å². The normalized spacial score (nSPS) is 10.3. The molecule has 0 bridgehead atoms. The maximum atomic E-state index is 7.69. The number of nitrogens with one attached hydrogen (secondary N) is 1. The molecule has 0 fully saturated rings. The summed E-state index contributed by atoms with van der Waals surface area (Å²) in [5, 5.41) is 7.69. The van der Waals surface area contributed by atoms with Crippen LogP contribution in [0.1, 0.15) is 16.7 Å². The Bertz CT molecular complexity index is 637. The molecule has 3 nitrogen and oxygen atoms in total. The lowest BCUT2D eigenvalue weighted by Crippen LogP contribution is -2.22. The fraction of sp³-hybridized carbons (Fsp3) is 0.188. The zero-order chi connectivity index (χ0) is 14.7. The third kappa shape index (κ3) is 3.39. The molecule has 104 valence electrons. The van der Waals surface area contributed by atoms with Crippen molar-refractivity contribution >= 4 is 27.5 Å². The molecule has 2 aromatic carbocycles. The van der Waals surface area contributed by atoms with Gasteiger partial charge in [0.1, 0.15) is 5.84 Å². The lowest BCUT2D eigenvalue weighted by molar-refractivity contribution is 0.919. The summed E-state index contributed by atoms with van der Waals surface area (Å²) in [5.41, 5.74) is 9.85. The first-order valence-electron chi connectivity index (χ1n) is 6.38. The predicted molar refractivity (Wildman–Crippen MR) is 88.4 cm³/mol. The Labute approximate surface area is 128 Å². The molecule has 0 aliphatic heterocycles. The van der Waals surface area contributed by atoms with Crippen LogP contribution in [0.3, 0.4) is 0 Å². The monoisotopic (exact) mass is 331 g/mol. The van der Waals surface area contributed by atoms with Crippen molar-refractivity contribution in [3.8, 4) is 0 Å². The minimum absolute atomic E-state index is 0.0867. The molecule has 0 spiro atoms. The first-order valence-corrected chi connectivity index (χ1v) is 7.17. The molecular formula is C16H18BrN3. The van der Waals surface area contributed by atoms with Crippen molar-refractivity contribution in [1.82, 2.24) is 0 Å². The molecule has 2 aromatic rings. The fourth-order valence-corrected chi connectivity index (χ4v) is 2.57. The van der Waals surface area contributed by atoms with Crippen LogP contribution < -0.4 is 10.6 Å². The molecule has 3 N–H and O–H groups in total. The third-order valence-corrected chi connectivity index (χ3v) is 3.66. The van der Waals surface area contributed by atoms with Crippen LogP contribution in [-0.2, 0) is 6.54 Å². The Morgan fingerprint density at radius 1 is 1.25 bits per heavy atom. The van der Waals surface area contributed by atoms with Crippen LogP contribution in [0.4, 0.5) is 5.69 Å². The highest BCUT2D eigenvalue weighted by atomic mass is 79.9. The summed E-state index contributed by atoms with van der Waals surface area (Å²) in [7, 11) is 2.01. The van der Waals surface area contributed by atoms with E-state index in [0.29, 0.717) is 0 Å². The number of nitrogen functional groups attached to an aromatic ring is 1. The van der Waals surface area contributed by atoms with E-state index < -0.39 is 0 Å². The second kappa shape index (κ2) is 6.09. The summed E-state index contributed by atoms with van der Waals surface area (Å²) in [6.07, 6.45) is 0. The van der Waals surface area contributed by atoms with Crippen LogP contribution in [0.25, 0.3) is 0 Å². The van der Waals surface area contributed by atoms with Gasteiger partial charge >= 0.3 is 0 Å². The first-order chi connectivity index (χ1) is 9.47. The van der Waals surface area contributed by atoms with Crippen molar-refractivity contribution in [2.45, 2.75) is 13.5 Å². The number of hydrogen-bond acceptors (Lipinski definition) is 2. The zero-order valence-corrected chi connectivity index (χ0v) is 13.2. The van der Waals surface area contributed by atoms with E-state index in [1.165, 1.54) is 11.1 Å². The number of nitrogens with zero attached hydrogens (tertiary/aromatic N) is 1. The summed E-state index contributed by atoms with van der Waals surface area (Å²) >= 11 is 3.47. The summed E-state index contributed by atoms with van der Waals surface area (Å²) in [6.45, 7) is 2.86. The number of benzene rings is 2. The molecule has 0 saturated heterocycles. The van der Waals surface area contributed by atoms with E-state index in [0.717, 1.165) is 22.3 Å². The third-order valence-electron chi connectivity index (χ3n) is 3.16. The maximum absolute atomic E-state index is 7.69. The molecule has 2 rings (SSSR count). The number of anilines is 1. The number of amidine groups is 1. The Morgan fingerprint density at radius 2 is 2.00 bits per heavy atom. The average molecular weight is 332 g/mol. The molecule has 20 heavy (non-hydrogen) atoms. The van der Waals surface area contributed by atoms with Gasteiger partial charge in [-0.3, -0.25) is 5.41 Å². The summed E-state index contributed by atoms with van der Waals surface area (Å²) in [5.74, 6) is 0.0867. The van der Waals surface area contributed by atoms with Crippen LogP contribution in [0.15, 0.2) is 46.9 Å². The van der Waals surface area contributed by atoms with Gasteiger partial charge in [-0.15, -0.1) is 0 Å². The number of halogens is 1. The quantitative estimate of drug-likeness (QED) is 0.663. The average Bonchev–Trinajstić information content (AvgIpc) is 2.38. The van der Waals surface area contributed by atoms with E-state index in [1.807, 2.05) is 25.2 Å². The molecule has 4 heteroatoms. The van der Waals surface area contributed by atoms with Gasteiger partial charge in [0, 0.05) is 29.3 Å². The topological polar surface area (TPSA) is 53.1 Å². The molecule has 0 atom stereocenters. The Balaban J connectivity index is 2.31. The standard InChI is InChI=1S/C16H18BrN3/c1-11-4-3-5-12(8-11)10-20(2)15-9-13(17)6-7-14(15)16(18)19/h3-9H,10H2,1-2H3,(H3,18,19). The van der Waals surface area contributed by atoms with Gasteiger partial charge in [-0.05, 0) is 30.7 Å². The SMILES string of the molecule is Cc1cccc(CN(C)c2cc(Br)ccc2C(=N)N)c1. The van der Waals surface area contributed by atoms with E-state index >= 15 is 0 Å². The molecule has 0 radical (unpaired) electrons. The number of nitrogens with two attached hydrogens (primary N) is 1. The highest BCUT2D eigenvalue weighted by Gasteiger charge is 2.11. The van der Waals surface area contributed by atoms with Crippen molar-refractivity contribution in [1.29, 1.82) is 5.41 Å².